The first-order chi connectivity index (χ1) is 10.4. The van der Waals surface area contributed by atoms with Gasteiger partial charge < -0.3 is 10.2 Å². The standard InChI is InChI=1S/C18H31NO3/c1-6-18(7-2,14-21)19(17(4,5)13-20)22-15(3)16-11-9-8-10-12-16/h8-12,15,20-21H,6-7,13-14H2,1-5H3. The Morgan fingerprint density at radius 1 is 1.05 bits per heavy atom. The summed E-state index contributed by atoms with van der Waals surface area (Å²) in [4.78, 5) is 6.24. The van der Waals surface area contributed by atoms with Gasteiger partial charge >= 0.3 is 0 Å². The van der Waals surface area contributed by atoms with Crippen molar-refractivity contribution >= 4 is 0 Å². The molecule has 4 nitrogen and oxygen atoms in total. The molecule has 1 aromatic rings. The summed E-state index contributed by atoms with van der Waals surface area (Å²) in [5.41, 5.74) is -0.0205. The molecular formula is C18H31NO3. The molecule has 0 bridgehead atoms. The Morgan fingerprint density at radius 2 is 1.59 bits per heavy atom. The van der Waals surface area contributed by atoms with Crippen molar-refractivity contribution in [3.05, 3.63) is 35.9 Å². The largest absolute Gasteiger partial charge is 0.394 e. The second-order valence-corrected chi connectivity index (χ2v) is 6.51. The molecule has 0 amide bonds. The number of aliphatic hydroxyl groups is 2. The van der Waals surface area contributed by atoms with Crippen LogP contribution >= 0.6 is 0 Å². The van der Waals surface area contributed by atoms with Crippen LogP contribution < -0.4 is 0 Å². The summed E-state index contributed by atoms with van der Waals surface area (Å²) < 4.78 is 0. The van der Waals surface area contributed by atoms with Gasteiger partial charge in [-0.25, -0.2) is 0 Å². The number of nitrogens with zero attached hydrogens (tertiary/aromatic N) is 1. The second kappa shape index (κ2) is 8.06. The van der Waals surface area contributed by atoms with Gasteiger partial charge in [-0.2, -0.15) is 5.06 Å². The average Bonchev–Trinajstić information content (AvgIpc) is 2.56. The lowest BCUT2D eigenvalue weighted by molar-refractivity contribution is -0.310. The molecule has 1 unspecified atom stereocenters. The molecule has 0 radical (unpaired) electrons. The van der Waals surface area contributed by atoms with Gasteiger partial charge in [-0.05, 0) is 39.2 Å². The maximum Gasteiger partial charge on any atom is 0.102 e. The van der Waals surface area contributed by atoms with E-state index in [-0.39, 0.29) is 19.3 Å². The molecule has 4 heteroatoms. The number of benzene rings is 1. The minimum atomic E-state index is -0.586. The van der Waals surface area contributed by atoms with Crippen LogP contribution in [0.3, 0.4) is 0 Å². The fourth-order valence-corrected chi connectivity index (χ4v) is 2.73. The number of hydroxylamine groups is 2. The monoisotopic (exact) mass is 309 g/mol. The summed E-state index contributed by atoms with van der Waals surface area (Å²) in [7, 11) is 0. The molecule has 0 heterocycles. The van der Waals surface area contributed by atoms with Crippen molar-refractivity contribution in [2.75, 3.05) is 13.2 Å². The summed E-state index contributed by atoms with van der Waals surface area (Å²) in [5, 5.41) is 21.6. The zero-order valence-electron chi connectivity index (χ0n) is 14.5. The summed E-state index contributed by atoms with van der Waals surface area (Å²) in [6.45, 7) is 9.87. The third-order valence-electron chi connectivity index (χ3n) is 4.51. The zero-order chi connectivity index (χ0) is 16.8. The second-order valence-electron chi connectivity index (χ2n) is 6.51. The lowest BCUT2D eigenvalue weighted by atomic mass is 9.89. The molecule has 0 fully saturated rings. The molecule has 1 atom stereocenters. The van der Waals surface area contributed by atoms with Gasteiger partial charge in [0.15, 0.2) is 0 Å². The molecule has 2 N–H and O–H groups in total. The highest BCUT2D eigenvalue weighted by molar-refractivity contribution is 5.16. The van der Waals surface area contributed by atoms with Crippen molar-refractivity contribution in [2.24, 2.45) is 0 Å². The molecule has 22 heavy (non-hydrogen) atoms. The topological polar surface area (TPSA) is 52.9 Å². The van der Waals surface area contributed by atoms with E-state index in [1.54, 1.807) is 0 Å². The highest BCUT2D eigenvalue weighted by Gasteiger charge is 2.43. The Hall–Kier alpha value is -0.940. The first-order valence-electron chi connectivity index (χ1n) is 8.10. The van der Waals surface area contributed by atoms with Crippen molar-refractivity contribution in [1.82, 2.24) is 5.06 Å². The average molecular weight is 309 g/mol. The number of hydrogen-bond acceptors (Lipinski definition) is 4. The maximum absolute atomic E-state index is 9.99. The molecule has 0 spiro atoms. The van der Waals surface area contributed by atoms with E-state index in [9.17, 15) is 10.2 Å². The van der Waals surface area contributed by atoms with Crippen LogP contribution in [-0.4, -0.2) is 39.6 Å². The molecule has 0 aliphatic heterocycles. The van der Waals surface area contributed by atoms with Crippen LogP contribution in [0.25, 0.3) is 0 Å². The van der Waals surface area contributed by atoms with E-state index in [1.165, 1.54) is 0 Å². The van der Waals surface area contributed by atoms with Crippen molar-refractivity contribution in [2.45, 2.75) is 64.6 Å². The Morgan fingerprint density at radius 3 is 2.00 bits per heavy atom. The molecule has 0 aliphatic rings. The molecule has 1 rings (SSSR count). The minimum absolute atomic E-state index is 0.00899. The fraction of sp³-hybridized carbons (Fsp3) is 0.667. The molecular weight excluding hydrogens is 278 g/mol. The van der Waals surface area contributed by atoms with Gasteiger partial charge in [-0.15, -0.1) is 0 Å². The van der Waals surface area contributed by atoms with Crippen molar-refractivity contribution < 1.29 is 15.1 Å². The molecule has 0 saturated heterocycles. The normalized spacial score (nSPS) is 14.4. The van der Waals surface area contributed by atoms with Crippen LogP contribution in [0.15, 0.2) is 30.3 Å². The maximum atomic E-state index is 9.99. The van der Waals surface area contributed by atoms with Gasteiger partial charge in [0, 0.05) is 0 Å². The minimum Gasteiger partial charge on any atom is -0.394 e. The van der Waals surface area contributed by atoms with Crippen LogP contribution in [0, 0.1) is 0 Å². The van der Waals surface area contributed by atoms with Gasteiger partial charge in [0.1, 0.15) is 6.10 Å². The van der Waals surface area contributed by atoms with Crippen molar-refractivity contribution in [3.8, 4) is 0 Å². The predicted octanol–water partition coefficient (Wildman–Crippen LogP) is 3.30. The van der Waals surface area contributed by atoms with Crippen LogP contribution in [0.2, 0.25) is 0 Å². The van der Waals surface area contributed by atoms with Crippen molar-refractivity contribution in [3.63, 3.8) is 0 Å². The van der Waals surface area contributed by atoms with E-state index in [0.717, 1.165) is 18.4 Å². The Bertz CT molecular complexity index is 421. The number of hydrogen-bond donors (Lipinski definition) is 2. The van der Waals surface area contributed by atoms with E-state index < -0.39 is 11.1 Å². The fourth-order valence-electron chi connectivity index (χ4n) is 2.73. The molecule has 0 aromatic heterocycles. The smallest absolute Gasteiger partial charge is 0.102 e. The van der Waals surface area contributed by atoms with Crippen LogP contribution in [0.1, 0.15) is 59.1 Å². The highest BCUT2D eigenvalue weighted by Crippen LogP contribution is 2.34. The third kappa shape index (κ3) is 4.07. The quantitative estimate of drug-likeness (QED) is 0.687. The van der Waals surface area contributed by atoms with Gasteiger partial charge in [0.2, 0.25) is 0 Å². The summed E-state index contributed by atoms with van der Waals surface area (Å²) >= 11 is 0. The summed E-state index contributed by atoms with van der Waals surface area (Å²) in [6, 6.07) is 9.98. The SMILES string of the molecule is CCC(CC)(CO)N(OC(C)c1ccccc1)C(C)(C)CO. The van der Waals surface area contributed by atoms with E-state index in [1.807, 2.05) is 70.0 Å². The Labute approximate surface area is 134 Å². The Balaban J connectivity index is 3.11. The molecule has 0 saturated carbocycles. The van der Waals surface area contributed by atoms with E-state index in [2.05, 4.69) is 0 Å². The number of rotatable bonds is 9. The lowest BCUT2D eigenvalue weighted by Gasteiger charge is -2.49. The van der Waals surface area contributed by atoms with Crippen LogP contribution in [0.4, 0.5) is 0 Å². The van der Waals surface area contributed by atoms with E-state index >= 15 is 0 Å². The molecule has 0 aliphatic carbocycles. The molecule has 126 valence electrons. The highest BCUT2D eigenvalue weighted by atomic mass is 16.7. The van der Waals surface area contributed by atoms with E-state index in [4.69, 9.17) is 4.84 Å². The van der Waals surface area contributed by atoms with Gasteiger partial charge in [0.05, 0.1) is 24.3 Å². The lowest BCUT2D eigenvalue weighted by Crippen LogP contribution is -2.61. The first-order valence-corrected chi connectivity index (χ1v) is 8.10. The van der Waals surface area contributed by atoms with Gasteiger partial charge in [-0.1, -0.05) is 44.2 Å². The third-order valence-corrected chi connectivity index (χ3v) is 4.51. The van der Waals surface area contributed by atoms with Crippen molar-refractivity contribution in [1.29, 1.82) is 0 Å². The predicted molar refractivity (Wildman–Crippen MR) is 89.3 cm³/mol. The van der Waals surface area contributed by atoms with Gasteiger partial charge in [0.25, 0.3) is 0 Å². The van der Waals surface area contributed by atoms with E-state index in [0.29, 0.717) is 0 Å². The molecule has 1 aromatic carbocycles. The summed E-state index contributed by atoms with van der Waals surface area (Å²) in [5.74, 6) is 0. The Kier molecular flexibility index (Phi) is 7.00. The summed E-state index contributed by atoms with van der Waals surface area (Å²) in [6.07, 6.45) is 1.33. The first kappa shape index (κ1) is 19.1. The van der Waals surface area contributed by atoms with Crippen LogP contribution in [-0.2, 0) is 4.84 Å². The van der Waals surface area contributed by atoms with Crippen LogP contribution in [0.5, 0.6) is 0 Å². The van der Waals surface area contributed by atoms with Gasteiger partial charge in [-0.3, -0.25) is 4.84 Å². The number of aliphatic hydroxyl groups excluding tert-OH is 2. The zero-order valence-corrected chi connectivity index (χ0v) is 14.5.